The molecule has 0 radical (unpaired) electrons. The van der Waals surface area contributed by atoms with Gasteiger partial charge in [-0.1, -0.05) is 48.0 Å². The normalized spacial score (nSPS) is 15.0. The molecule has 0 aliphatic carbocycles. The topological polar surface area (TPSA) is 63.6 Å². The molecule has 0 saturated carbocycles. The smallest absolute Gasteiger partial charge is 0.272 e. The van der Waals surface area contributed by atoms with Crippen molar-refractivity contribution in [3.63, 3.8) is 0 Å². The summed E-state index contributed by atoms with van der Waals surface area (Å²) in [4.78, 5) is 28.4. The molecule has 3 aromatic carbocycles. The molecule has 0 unspecified atom stereocenters. The lowest BCUT2D eigenvalue weighted by Crippen LogP contribution is -2.37. The Hall–Kier alpha value is -3.77. The number of benzene rings is 3. The van der Waals surface area contributed by atoms with Gasteiger partial charge in [0.1, 0.15) is 18.0 Å². The van der Waals surface area contributed by atoms with Gasteiger partial charge in [0.25, 0.3) is 5.91 Å². The Morgan fingerprint density at radius 3 is 2.56 bits per heavy atom. The lowest BCUT2D eigenvalue weighted by molar-refractivity contribution is -0.117. The van der Waals surface area contributed by atoms with Crippen LogP contribution in [0, 0.1) is 6.92 Å². The highest BCUT2D eigenvalue weighted by molar-refractivity contribution is 6.31. The van der Waals surface area contributed by atoms with Crippen LogP contribution in [0.5, 0.6) is 5.75 Å². The number of nitrogens with one attached hydrogen (secondary N) is 1. The second-order valence-corrected chi connectivity index (χ2v) is 8.89. The molecule has 0 spiro atoms. The van der Waals surface area contributed by atoms with E-state index < -0.39 is 6.04 Å². The molecule has 5 rings (SSSR count). The van der Waals surface area contributed by atoms with Gasteiger partial charge in [0.15, 0.2) is 0 Å². The van der Waals surface area contributed by atoms with Gasteiger partial charge < -0.3 is 19.5 Å². The Morgan fingerprint density at radius 1 is 1.09 bits per heavy atom. The molecule has 0 saturated heterocycles. The van der Waals surface area contributed by atoms with Crippen molar-refractivity contribution in [3.05, 3.63) is 94.1 Å². The average molecular weight is 474 g/mol. The predicted molar refractivity (Wildman–Crippen MR) is 134 cm³/mol. The molecule has 0 bridgehead atoms. The number of aromatic nitrogens is 1. The van der Waals surface area contributed by atoms with Crippen molar-refractivity contribution in [1.29, 1.82) is 0 Å². The molecular weight excluding hydrogens is 450 g/mol. The van der Waals surface area contributed by atoms with Crippen LogP contribution in [0.2, 0.25) is 5.02 Å². The van der Waals surface area contributed by atoms with Crippen molar-refractivity contribution in [2.75, 3.05) is 19.0 Å². The molecule has 34 heavy (non-hydrogen) atoms. The van der Waals surface area contributed by atoms with Gasteiger partial charge in [-0.05, 0) is 48.4 Å². The first-order valence-electron chi connectivity index (χ1n) is 11.0. The SMILES string of the molecule is COc1ccc([C@@H]2c3c(n(C)c4ccccc34)C(=O)N2CC(=O)Nc2cc(Cl)ccc2C)cc1. The molecule has 1 atom stereocenters. The zero-order valence-corrected chi connectivity index (χ0v) is 19.9. The van der Waals surface area contributed by atoms with Crippen LogP contribution in [-0.2, 0) is 11.8 Å². The zero-order valence-electron chi connectivity index (χ0n) is 19.1. The lowest BCUT2D eigenvalue weighted by Gasteiger charge is -2.26. The van der Waals surface area contributed by atoms with Gasteiger partial charge in [-0.25, -0.2) is 0 Å². The first-order chi connectivity index (χ1) is 16.4. The van der Waals surface area contributed by atoms with E-state index in [1.165, 1.54) is 0 Å². The number of hydrogen-bond donors (Lipinski definition) is 1. The molecule has 172 valence electrons. The highest BCUT2D eigenvalue weighted by Crippen LogP contribution is 2.44. The van der Waals surface area contributed by atoms with Crippen LogP contribution >= 0.6 is 11.6 Å². The van der Waals surface area contributed by atoms with Crippen LogP contribution in [0.15, 0.2) is 66.7 Å². The lowest BCUT2D eigenvalue weighted by atomic mass is 9.98. The maximum absolute atomic E-state index is 13.7. The van der Waals surface area contributed by atoms with Crippen LogP contribution in [0.25, 0.3) is 10.9 Å². The Balaban J connectivity index is 1.56. The minimum absolute atomic E-state index is 0.0928. The zero-order chi connectivity index (χ0) is 24.0. The Kier molecular flexibility index (Phi) is 5.54. The van der Waals surface area contributed by atoms with E-state index in [0.717, 1.165) is 33.3 Å². The van der Waals surface area contributed by atoms with Crippen molar-refractivity contribution in [3.8, 4) is 5.75 Å². The highest BCUT2D eigenvalue weighted by atomic mass is 35.5. The molecule has 2 heterocycles. The van der Waals surface area contributed by atoms with Gasteiger partial charge in [-0.2, -0.15) is 0 Å². The number of anilines is 1. The van der Waals surface area contributed by atoms with Gasteiger partial charge in [0.2, 0.25) is 5.91 Å². The molecule has 0 fully saturated rings. The van der Waals surface area contributed by atoms with E-state index in [2.05, 4.69) is 5.32 Å². The van der Waals surface area contributed by atoms with Crippen LogP contribution in [-0.4, -0.2) is 34.9 Å². The van der Waals surface area contributed by atoms with E-state index in [-0.39, 0.29) is 18.4 Å². The maximum atomic E-state index is 13.7. The average Bonchev–Trinajstić information content (AvgIpc) is 3.29. The summed E-state index contributed by atoms with van der Waals surface area (Å²) in [6.45, 7) is 1.81. The number of hydrogen-bond acceptors (Lipinski definition) is 3. The van der Waals surface area contributed by atoms with Gasteiger partial charge in [-0.15, -0.1) is 0 Å². The molecule has 1 aliphatic heterocycles. The predicted octanol–water partition coefficient (Wildman–Crippen LogP) is 5.33. The minimum atomic E-state index is -0.397. The van der Waals surface area contributed by atoms with E-state index in [9.17, 15) is 9.59 Å². The fourth-order valence-corrected chi connectivity index (χ4v) is 4.91. The summed E-state index contributed by atoms with van der Waals surface area (Å²) in [6.07, 6.45) is 0. The van der Waals surface area contributed by atoms with E-state index in [1.54, 1.807) is 24.1 Å². The highest BCUT2D eigenvalue weighted by Gasteiger charge is 2.42. The van der Waals surface area contributed by atoms with Gasteiger partial charge >= 0.3 is 0 Å². The Morgan fingerprint density at radius 2 is 1.82 bits per heavy atom. The van der Waals surface area contributed by atoms with Crippen molar-refractivity contribution < 1.29 is 14.3 Å². The van der Waals surface area contributed by atoms with Crippen molar-refractivity contribution in [2.45, 2.75) is 13.0 Å². The monoisotopic (exact) mass is 473 g/mol. The third-order valence-electron chi connectivity index (χ3n) is 6.41. The van der Waals surface area contributed by atoms with E-state index in [1.807, 2.05) is 73.1 Å². The maximum Gasteiger partial charge on any atom is 0.272 e. The number of fused-ring (bicyclic) bond motifs is 3. The van der Waals surface area contributed by atoms with Gasteiger partial charge in [-0.3, -0.25) is 9.59 Å². The van der Waals surface area contributed by atoms with E-state index >= 15 is 0 Å². The first kappa shape index (κ1) is 22.0. The van der Waals surface area contributed by atoms with E-state index in [4.69, 9.17) is 16.3 Å². The number of carbonyl (C=O) groups is 2. The number of halogens is 1. The summed E-state index contributed by atoms with van der Waals surface area (Å²) in [5, 5.41) is 4.45. The molecular formula is C27H24ClN3O3. The van der Waals surface area contributed by atoms with Crippen LogP contribution < -0.4 is 10.1 Å². The molecule has 1 aromatic heterocycles. The molecule has 1 N–H and O–H groups in total. The van der Waals surface area contributed by atoms with Crippen LogP contribution in [0.4, 0.5) is 5.69 Å². The standard InChI is InChI=1S/C27H24ClN3O3/c1-16-8-11-18(28)14-21(16)29-23(32)15-31-25(17-9-12-19(34-3)13-10-17)24-20-6-4-5-7-22(20)30(2)26(24)27(31)33/h4-14,25H,15H2,1-3H3,(H,29,32)/t25-/m1/s1. The van der Waals surface area contributed by atoms with Gasteiger partial charge in [0, 0.05) is 34.2 Å². The summed E-state index contributed by atoms with van der Waals surface area (Å²) in [7, 11) is 3.51. The van der Waals surface area contributed by atoms with Crippen LogP contribution in [0.1, 0.15) is 33.2 Å². The van der Waals surface area contributed by atoms with E-state index in [0.29, 0.717) is 16.4 Å². The summed E-state index contributed by atoms with van der Waals surface area (Å²) < 4.78 is 7.24. The fraction of sp³-hybridized carbons (Fsp3) is 0.185. The quantitative estimate of drug-likeness (QED) is 0.426. The van der Waals surface area contributed by atoms with Gasteiger partial charge in [0.05, 0.1) is 13.2 Å². The summed E-state index contributed by atoms with van der Waals surface area (Å²) in [6, 6.07) is 20.5. The largest absolute Gasteiger partial charge is 0.497 e. The third-order valence-corrected chi connectivity index (χ3v) is 6.65. The second-order valence-electron chi connectivity index (χ2n) is 8.45. The number of rotatable bonds is 5. The van der Waals surface area contributed by atoms with Crippen molar-refractivity contribution >= 4 is 40.0 Å². The Labute approximate surface area is 202 Å². The molecule has 2 amide bonds. The Bertz CT molecular complexity index is 1430. The molecule has 4 aromatic rings. The third kappa shape index (κ3) is 3.60. The minimum Gasteiger partial charge on any atom is -0.497 e. The number of aryl methyl sites for hydroxylation is 2. The number of carbonyl (C=O) groups excluding carboxylic acids is 2. The number of nitrogens with zero attached hydrogens (tertiary/aromatic N) is 2. The number of amides is 2. The summed E-state index contributed by atoms with van der Waals surface area (Å²) in [5.74, 6) is 0.272. The van der Waals surface area contributed by atoms with Crippen LogP contribution in [0.3, 0.4) is 0 Å². The molecule has 7 heteroatoms. The number of ether oxygens (including phenoxy) is 1. The molecule has 1 aliphatic rings. The summed E-state index contributed by atoms with van der Waals surface area (Å²) in [5.41, 5.74) is 4.95. The van der Waals surface area contributed by atoms with Crippen molar-refractivity contribution in [2.24, 2.45) is 7.05 Å². The number of methoxy groups -OCH3 is 1. The first-order valence-corrected chi connectivity index (χ1v) is 11.3. The molecule has 6 nitrogen and oxygen atoms in total. The fourth-order valence-electron chi connectivity index (χ4n) is 4.74. The second kappa shape index (κ2) is 8.54. The van der Waals surface area contributed by atoms with Crippen molar-refractivity contribution in [1.82, 2.24) is 9.47 Å². The number of para-hydroxylation sites is 1. The summed E-state index contributed by atoms with van der Waals surface area (Å²) >= 11 is 6.11.